The van der Waals surface area contributed by atoms with Gasteiger partial charge in [0.2, 0.25) is 0 Å². The van der Waals surface area contributed by atoms with Gasteiger partial charge >= 0.3 is 5.63 Å². The van der Waals surface area contributed by atoms with Crippen molar-refractivity contribution in [3.05, 3.63) is 70.6 Å². The van der Waals surface area contributed by atoms with Gasteiger partial charge < -0.3 is 9.15 Å². The first-order valence-electron chi connectivity index (χ1n) is 7.54. The highest BCUT2D eigenvalue weighted by molar-refractivity contribution is 7.98. The summed E-state index contributed by atoms with van der Waals surface area (Å²) in [6, 6.07) is 18.9. The van der Waals surface area contributed by atoms with E-state index in [1.54, 1.807) is 19.2 Å². The normalized spacial score (nSPS) is 10.3. The number of benzene rings is 2. The summed E-state index contributed by atoms with van der Waals surface area (Å²) in [4.78, 5) is 12.9. The van der Waals surface area contributed by atoms with Crippen LogP contribution < -0.4 is 10.4 Å². The zero-order valence-corrected chi connectivity index (χ0v) is 14.6. The lowest BCUT2D eigenvalue weighted by Gasteiger charge is -2.14. The molecule has 0 atom stereocenters. The number of hydrogen-bond acceptors (Lipinski definition) is 5. The average Bonchev–Trinajstić information content (AvgIpc) is 2.67. The summed E-state index contributed by atoms with van der Waals surface area (Å²) in [6.07, 6.45) is 1.85. The Hall–Kier alpha value is -2.97. The topological polar surface area (TPSA) is 63.2 Å². The summed E-state index contributed by atoms with van der Waals surface area (Å²) >= 11 is 1.36. The van der Waals surface area contributed by atoms with Gasteiger partial charge in [0.1, 0.15) is 17.6 Å². The summed E-state index contributed by atoms with van der Waals surface area (Å²) in [7, 11) is 1.60. The first kappa shape index (κ1) is 16.9. The van der Waals surface area contributed by atoms with Gasteiger partial charge in [-0.1, -0.05) is 30.3 Å². The predicted octanol–water partition coefficient (Wildman–Crippen LogP) is 4.58. The fourth-order valence-electron chi connectivity index (χ4n) is 2.63. The first-order valence-corrected chi connectivity index (χ1v) is 8.77. The third-order valence-corrected chi connectivity index (χ3v) is 4.63. The molecule has 1 aromatic heterocycles. The van der Waals surface area contributed by atoms with Crippen LogP contribution in [0.2, 0.25) is 0 Å². The van der Waals surface area contributed by atoms with Crippen molar-refractivity contribution in [3.8, 4) is 34.3 Å². The van der Waals surface area contributed by atoms with Gasteiger partial charge in [0, 0.05) is 16.0 Å². The lowest BCUT2D eigenvalue weighted by molar-refractivity contribution is 0.415. The molecule has 5 heteroatoms. The highest BCUT2D eigenvalue weighted by Crippen LogP contribution is 2.39. The Kier molecular flexibility index (Phi) is 4.92. The van der Waals surface area contributed by atoms with E-state index in [9.17, 15) is 10.1 Å². The van der Waals surface area contributed by atoms with Crippen LogP contribution in [-0.2, 0) is 0 Å². The zero-order chi connectivity index (χ0) is 17.8. The fourth-order valence-corrected chi connectivity index (χ4v) is 3.38. The third-order valence-electron chi connectivity index (χ3n) is 3.81. The standard InChI is InChI=1S/C20H15NO3S/c1-23-15-10-8-14(9-11-15)18-17(13-6-4-3-5-7-13)19(25-2)16(12-21)20(22)24-18/h3-11H,1-2H3. The average molecular weight is 349 g/mol. The van der Waals surface area contributed by atoms with E-state index in [1.807, 2.05) is 54.8 Å². The van der Waals surface area contributed by atoms with Gasteiger partial charge in [0.05, 0.1) is 7.11 Å². The molecule has 25 heavy (non-hydrogen) atoms. The quantitative estimate of drug-likeness (QED) is 0.645. The molecule has 0 aliphatic heterocycles. The van der Waals surface area contributed by atoms with E-state index < -0.39 is 5.63 Å². The molecule has 0 fully saturated rings. The maximum atomic E-state index is 12.3. The van der Waals surface area contributed by atoms with E-state index in [0.29, 0.717) is 16.4 Å². The molecule has 0 aliphatic rings. The van der Waals surface area contributed by atoms with Crippen LogP contribution in [0.3, 0.4) is 0 Å². The Balaban J connectivity index is 2.36. The Bertz CT molecular complexity index is 986. The molecule has 0 saturated carbocycles. The lowest BCUT2D eigenvalue weighted by Crippen LogP contribution is -2.08. The number of nitriles is 1. The van der Waals surface area contributed by atoms with Crippen LogP contribution in [0, 0.1) is 11.3 Å². The fraction of sp³-hybridized carbons (Fsp3) is 0.100. The molecule has 4 nitrogen and oxygen atoms in total. The minimum Gasteiger partial charge on any atom is -0.497 e. The highest BCUT2D eigenvalue weighted by atomic mass is 32.2. The van der Waals surface area contributed by atoms with Gasteiger partial charge in [-0.3, -0.25) is 0 Å². The monoisotopic (exact) mass is 349 g/mol. The number of nitrogens with zero attached hydrogens (tertiary/aromatic N) is 1. The van der Waals surface area contributed by atoms with Gasteiger partial charge in [-0.25, -0.2) is 4.79 Å². The van der Waals surface area contributed by atoms with Crippen LogP contribution >= 0.6 is 11.8 Å². The van der Waals surface area contributed by atoms with Crippen molar-refractivity contribution >= 4 is 11.8 Å². The summed E-state index contributed by atoms with van der Waals surface area (Å²) in [5, 5.41) is 9.39. The Morgan fingerprint density at radius 1 is 1.04 bits per heavy atom. The van der Waals surface area contributed by atoms with Crippen molar-refractivity contribution in [2.24, 2.45) is 0 Å². The smallest absolute Gasteiger partial charge is 0.355 e. The second kappa shape index (κ2) is 7.29. The summed E-state index contributed by atoms with van der Waals surface area (Å²) < 4.78 is 10.7. The van der Waals surface area contributed by atoms with E-state index >= 15 is 0 Å². The Morgan fingerprint density at radius 3 is 2.28 bits per heavy atom. The Morgan fingerprint density at radius 2 is 1.72 bits per heavy atom. The minimum atomic E-state index is -0.627. The van der Waals surface area contributed by atoms with Crippen LogP contribution in [0.1, 0.15) is 5.56 Å². The summed E-state index contributed by atoms with van der Waals surface area (Å²) in [5.41, 5.74) is 1.78. The molecule has 0 saturated heterocycles. The molecule has 0 bridgehead atoms. The van der Waals surface area contributed by atoms with Crippen molar-refractivity contribution in [2.75, 3.05) is 13.4 Å². The predicted molar refractivity (Wildman–Crippen MR) is 98.9 cm³/mol. The molecular weight excluding hydrogens is 334 g/mol. The van der Waals surface area contributed by atoms with Gasteiger partial charge in [-0.05, 0) is 36.1 Å². The summed E-state index contributed by atoms with van der Waals surface area (Å²) in [6.45, 7) is 0. The third kappa shape index (κ3) is 3.17. The number of hydrogen-bond donors (Lipinski definition) is 0. The summed E-state index contributed by atoms with van der Waals surface area (Å²) in [5.74, 6) is 1.16. The largest absolute Gasteiger partial charge is 0.497 e. The molecule has 0 aliphatic carbocycles. The molecule has 124 valence electrons. The first-order chi connectivity index (χ1) is 12.2. The van der Waals surface area contributed by atoms with Gasteiger partial charge in [-0.2, -0.15) is 5.26 Å². The number of ether oxygens (including phenoxy) is 1. The van der Waals surface area contributed by atoms with Gasteiger partial charge in [-0.15, -0.1) is 11.8 Å². The number of methoxy groups -OCH3 is 1. The maximum absolute atomic E-state index is 12.3. The van der Waals surface area contributed by atoms with Gasteiger partial charge in [0.25, 0.3) is 0 Å². The minimum absolute atomic E-state index is 0.0311. The van der Waals surface area contributed by atoms with Crippen molar-refractivity contribution in [3.63, 3.8) is 0 Å². The molecule has 0 unspecified atom stereocenters. The van der Waals surface area contributed by atoms with Crippen LogP contribution in [0.15, 0.2) is 68.7 Å². The molecule has 3 rings (SSSR count). The van der Waals surface area contributed by atoms with Crippen molar-refractivity contribution < 1.29 is 9.15 Å². The molecule has 3 aromatic rings. The highest BCUT2D eigenvalue weighted by Gasteiger charge is 2.21. The van der Waals surface area contributed by atoms with Crippen molar-refractivity contribution in [1.82, 2.24) is 0 Å². The van der Waals surface area contributed by atoms with E-state index in [2.05, 4.69) is 0 Å². The second-order valence-corrected chi connectivity index (χ2v) is 6.02. The maximum Gasteiger partial charge on any atom is 0.355 e. The van der Waals surface area contributed by atoms with Gasteiger partial charge in [0.15, 0.2) is 5.56 Å². The van der Waals surface area contributed by atoms with Crippen molar-refractivity contribution in [2.45, 2.75) is 4.90 Å². The molecule has 0 amide bonds. The van der Waals surface area contributed by atoms with E-state index in [1.165, 1.54) is 11.8 Å². The number of rotatable bonds is 4. The van der Waals surface area contributed by atoms with E-state index in [-0.39, 0.29) is 5.56 Å². The van der Waals surface area contributed by atoms with Crippen LogP contribution in [0.4, 0.5) is 0 Å². The molecule has 0 N–H and O–H groups in total. The Labute approximate surface area is 149 Å². The SMILES string of the molecule is COc1ccc(-c2oc(=O)c(C#N)c(SC)c2-c2ccccc2)cc1. The number of thioether (sulfide) groups is 1. The second-order valence-electron chi connectivity index (χ2n) is 5.21. The van der Waals surface area contributed by atoms with Crippen LogP contribution in [0.5, 0.6) is 5.75 Å². The lowest BCUT2D eigenvalue weighted by atomic mass is 9.99. The molecule has 0 spiro atoms. The molecule has 1 heterocycles. The van der Waals surface area contributed by atoms with Crippen LogP contribution in [-0.4, -0.2) is 13.4 Å². The van der Waals surface area contributed by atoms with Crippen LogP contribution in [0.25, 0.3) is 22.5 Å². The van der Waals surface area contributed by atoms with E-state index in [0.717, 1.165) is 16.7 Å². The molecule has 2 aromatic carbocycles. The zero-order valence-electron chi connectivity index (χ0n) is 13.8. The van der Waals surface area contributed by atoms with Crippen molar-refractivity contribution in [1.29, 1.82) is 5.26 Å². The molecular formula is C20H15NO3S. The van der Waals surface area contributed by atoms with E-state index in [4.69, 9.17) is 9.15 Å². The molecule has 0 radical (unpaired) electrons.